The van der Waals surface area contributed by atoms with Gasteiger partial charge in [-0.2, -0.15) is 0 Å². The van der Waals surface area contributed by atoms with Gasteiger partial charge in [-0.1, -0.05) is 42.5 Å². The summed E-state index contributed by atoms with van der Waals surface area (Å²) in [5, 5.41) is 20.0. The number of likely N-dealkylation sites (N-methyl/N-ethyl adjacent to an activating group) is 1. The number of carbonyl (C=O) groups is 1. The molecule has 0 aliphatic carbocycles. The minimum absolute atomic E-state index is 0.139. The maximum Gasteiger partial charge on any atom is 0.130 e. The number of aliphatic hydroxyl groups excluding tert-OH is 1. The van der Waals surface area contributed by atoms with Gasteiger partial charge in [0.25, 0.3) is 0 Å². The zero-order valence-corrected chi connectivity index (χ0v) is 13.5. The van der Waals surface area contributed by atoms with E-state index in [1.807, 2.05) is 37.3 Å². The topological polar surface area (TPSA) is 64.8 Å². The molecule has 0 fully saturated rings. The molecule has 0 radical (unpaired) electrons. The van der Waals surface area contributed by atoms with Gasteiger partial charge in [0.05, 0.1) is 20.1 Å². The molecule has 0 spiro atoms. The molecular formula is C18H22FNO3. The second-order valence-electron chi connectivity index (χ2n) is 5.52. The zero-order valence-electron chi connectivity index (χ0n) is 13.5. The summed E-state index contributed by atoms with van der Waals surface area (Å²) in [7, 11) is 4.10. The normalized spacial score (nSPS) is 13.0. The smallest absolute Gasteiger partial charge is 0.130 e. The average Bonchev–Trinajstić information content (AvgIpc) is 2.54. The lowest BCUT2D eigenvalue weighted by Crippen LogP contribution is -3.10. The SMILES string of the molecule is C[C@@H]([C@H](O)c1ccccc1)[NH+](C)C.O=C([O-])c1cccc(F)c1. The molecule has 0 unspecified atom stereocenters. The molecule has 2 aromatic carbocycles. The van der Waals surface area contributed by atoms with E-state index >= 15 is 0 Å². The van der Waals surface area contributed by atoms with Gasteiger partial charge in [0.1, 0.15) is 18.0 Å². The van der Waals surface area contributed by atoms with Crippen molar-refractivity contribution in [3.05, 3.63) is 71.5 Å². The summed E-state index contributed by atoms with van der Waals surface area (Å²) in [5.41, 5.74) is 0.858. The molecule has 2 atom stereocenters. The Labute approximate surface area is 135 Å². The maximum atomic E-state index is 12.2. The quantitative estimate of drug-likeness (QED) is 0.860. The van der Waals surface area contributed by atoms with Crippen molar-refractivity contribution in [2.45, 2.75) is 19.1 Å². The van der Waals surface area contributed by atoms with Crippen LogP contribution < -0.4 is 10.0 Å². The molecule has 0 aliphatic rings. The first kappa shape index (κ1) is 18.8. The molecule has 0 aromatic heterocycles. The molecule has 0 bridgehead atoms. The zero-order chi connectivity index (χ0) is 17.4. The van der Waals surface area contributed by atoms with E-state index in [1.165, 1.54) is 23.1 Å². The van der Waals surface area contributed by atoms with Gasteiger partial charge in [0.2, 0.25) is 0 Å². The van der Waals surface area contributed by atoms with Gasteiger partial charge in [-0.3, -0.25) is 0 Å². The van der Waals surface area contributed by atoms with Crippen LogP contribution in [0.3, 0.4) is 0 Å². The molecule has 4 nitrogen and oxygen atoms in total. The highest BCUT2D eigenvalue weighted by molar-refractivity contribution is 5.85. The third-order valence-corrected chi connectivity index (χ3v) is 3.59. The minimum atomic E-state index is -1.36. The molecule has 124 valence electrons. The number of hydrogen-bond donors (Lipinski definition) is 2. The van der Waals surface area contributed by atoms with E-state index in [-0.39, 0.29) is 17.7 Å². The highest BCUT2D eigenvalue weighted by Gasteiger charge is 2.20. The van der Waals surface area contributed by atoms with E-state index in [4.69, 9.17) is 0 Å². The third kappa shape index (κ3) is 6.18. The molecule has 0 amide bonds. The molecule has 5 heteroatoms. The molecule has 2 N–H and O–H groups in total. The Morgan fingerprint density at radius 3 is 2.17 bits per heavy atom. The first-order valence-electron chi connectivity index (χ1n) is 7.33. The number of halogens is 1. The fourth-order valence-electron chi connectivity index (χ4n) is 1.87. The second kappa shape index (κ2) is 9.02. The predicted molar refractivity (Wildman–Crippen MR) is 84.4 cm³/mol. The molecule has 0 saturated heterocycles. The molecule has 2 aromatic rings. The van der Waals surface area contributed by atoms with Crippen LogP contribution in [0.1, 0.15) is 28.9 Å². The number of carboxylic acids is 1. The van der Waals surface area contributed by atoms with Crippen LogP contribution >= 0.6 is 0 Å². The third-order valence-electron chi connectivity index (χ3n) is 3.59. The summed E-state index contributed by atoms with van der Waals surface area (Å²) in [6.07, 6.45) is -0.369. The Morgan fingerprint density at radius 2 is 1.74 bits per heavy atom. The van der Waals surface area contributed by atoms with Gasteiger partial charge >= 0.3 is 0 Å². The molecule has 0 aliphatic heterocycles. The number of nitrogens with one attached hydrogen (secondary N) is 1. The fraction of sp³-hybridized carbons (Fsp3) is 0.278. The maximum absolute atomic E-state index is 12.2. The predicted octanol–water partition coefficient (Wildman–Crippen LogP) is 0.442. The van der Waals surface area contributed by atoms with Crippen LogP contribution in [0.15, 0.2) is 54.6 Å². The van der Waals surface area contributed by atoms with Crippen LogP contribution in [-0.2, 0) is 0 Å². The van der Waals surface area contributed by atoms with E-state index in [0.29, 0.717) is 0 Å². The number of aromatic carboxylic acids is 1. The van der Waals surface area contributed by atoms with Crippen molar-refractivity contribution < 1.29 is 24.3 Å². The van der Waals surface area contributed by atoms with Crippen LogP contribution in [0.2, 0.25) is 0 Å². The molecule has 2 rings (SSSR count). The van der Waals surface area contributed by atoms with Crippen LogP contribution in [-0.4, -0.2) is 31.2 Å². The van der Waals surface area contributed by atoms with Crippen molar-refractivity contribution in [3.63, 3.8) is 0 Å². The van der Waals surface area contributed by atoms with Crippen molar-refractivity contribution in [3.8, 4) is 0 Å². The van der Waals surface area contributed by atoms with E-state index in [2.05, 4.69) is 14.1 Å². The summed E-state index contributed by atoms with van der Waals surface area (Å²) in [5.74, 6) is -1.93. The Bertz CT molecular complexity index is 617. The number of quaternary nitrogens is 1. The average molecular weight is 319 g/mol. The lowest BCUT2D eigenvalue weighted by atomic mass is 10.0. The van der Waals surface area contributed by atoms with Crippen LogP contribution in [0.5, 0.6) is 0 Å². The summed E-state index contributed by atoms with van der Waals surface area (Å²) in [6.45, 7) is 2.05. The second-order valence-corrected chi connectivity index (χ2v) is 5.52. The Balaban J connectivity index is 0.000000238. The summed E-state index contributed by atoms with van der Waals surface area (Å²) >= 11 is 0. The molecule has 0 saturated carbocycles. The first-order valence-corrected chi connectivity index (χ1v) is 7.33. The summed E-state index contributed by atoms with van der Waals surface area (Å²) < 4.78 is 12.2. The van der Waals surface area contributed by atoms with Crippen molar-refractivity contribution in [1.29, 1.82) is 0 Å². The van der Waals surface area contributed by atoms with Gasteiger partial charge in [0.15, 0.2) is 0 Å². The number of aliphatic hydroxyl groups is 1. The standard InChI is InChI=1S/C11H17NO.C7H5FO2/c1-9(12(2)3)11(13)10-7-5-4-6-8-10;8-6-3-1-2-5(4-6)7(9)10/h4-9,11,13H,1-3H3;1-4H,(H,9,10)/t9-,11-;/m0./s1. The highest BCUT2D eigenvalue weighted by Crippen LogP contribution is 2.13. The van der Waals surface area contributed by atoms with Gasteiger partial charge in [-0.25, -0.2) is 4.39 Å². The molecule has 0 heterocycles. The molecule has 23 heavy (non-hydrogen) atoms. The van der Waals surface area contributed by atoms with Gasteiger partial charge in [-0.15, -0.1) is 0 Å². The van der Waals surface area contributed by atoms with E-state index in [0.717, 1.165) is 11.6 Å². The van der Waals surface area contributed by atoms with Crippen molar-refractivity contribution in [2.24, 2.45) is 0 Å². The van der Waals surface area contributed by atoms with E-state index in [1.54, 1.807) is 0 Å². The fourth-order valence-corrected chi connectivity index (χ4v) is 1.87. The summed E-state index contributed by atoms with van der Waals surface area (Å²) in [4.78, 5) is 11.3. The van der Waals surface area contributed by atoms with Crippen LogP contribution in [0, 0.1) is 5.82 Å². The largest absolute Gasteiger partial charge is 0.545 e. The lowest BCUT2D eigenvalue weighted by molar-refractivity contribution is -0.888. The lowest BCUT2D eigenvalue weighted by Gasteiger charge is -2.22. The van der Waals surface area contributed by atoms with E-state index in [9.17, 15) is 19.4 Å². The van der Waals surface area contributed by atoms with Crippen molar-refractivity contribution in [2.75, 3.05) is 14.1 Å². The van der Waals surface area contributed by atoms with Crippen LogP contribution in [0.25, 0.3) is 0 Å². The Kier molecular flexibility index (Phi) is 7.38. The van der Waals surface area contributed by atoms with Gasteiger partial charge in [-0.05, 0) is 24.6 Å². The number of carboxylic acid groups (broad SMARTS) is 1. The monoisotopic (exact) mass is 319 g/mol. The van der Waals surface area contributed by atoms with Crippen molar-refractivity contribution in [1.82, 2.24) is 0 Å². The molecular weight excluding hydrogens is 297 g/mol. The van der Waals surface area contributed by atoms with Crippen LogP contribution in [0.4, 0.5) is 4.39 Å². The van der Waals surface area contributed by atoms with Crippen molar-refractivity contribution >= 4 is 5.97 Å². The number of benzene rings is 2. The number of carbonyl (C=O) groups excluding carboxylic acids is 1. The number of hydrogen-bond acceptors (Lipinski definition) is 3. The number of rotatable bonds is 4. The minimum Gasteiger partial charge on any atom is -0.545 e. The highest BCUT2D eigenvalue weighted by atomic mass is 19.1. The Morgan fingerprint density at radius 1 is 1.13 bits per heavy atom. The summed E-state index contributed by atoms with van der Waals surface area (Å²) in [6, 6.07) is 14.7. The van der Waals surface area contributed by atoms with Gasteiger partial charge in [0, 0.05) is 5.56 Å². The van der Waals surface area contributed by atoms with E-state index < -0.39 is 11.8 Å². The Hall–Kier alpha value is -2.24. The first-order chi connectivity index (χ1) is 10.8. The van der Waals surface area contributed by atoms with Gasteiger partial charge < -0.3 is 19.9 Å².